The summed E-state index contributed by atoms with van der Waals surface area (Å²) in [5, 5.41) is 13.5. The van der Waals surface area contributed by atoms with Crippen LogP contribution in [0.4, 0.5) is 11.5 Å². The highest BCUT2D eigenvalue weighted by atomic mass is 35.5. The molecule has 3 N–H and O–H groups in total. The molecule has 2 heterocycles. The van der Waals surface area contributed by atoms with Crippen LogP contribution in [0.15, 0.2) is 5.16 Å². The van der Waals surface area contributed by atoms with Crippen LogP contribution in [0.25, 0.3) is 0 Å². The number of nitrogens with one attached hydrogen (secondary N) is 2. The molecule has 4 atom stereocenters. The lowest BCUT2D eigenvalue weighted by Gasteiger charge is -2.25. The van der Waals surface area contributed by atoms with Gasteiger partial charge in [-0.1, -0.05) is 30.3 Å². The lowest BCUT2D eigenvalue weighted by Crippen LogP contribution is -2.35. The van der Waals surface area contributed by atoms with Crippen LogP contribution in [0.3, 0.4) is 0 Å². The lowest BCUT2D eigenvalue weighted by atomic mass is 10.2. The standard InChI is InChI=1S/C19H29ClN4O6S/c1-5-7-31-18-22-16(20)13(24-26)17(23-18)21-10-8-11(28-9-12(25)27-6-2)15-14(10)29-19(3,4)30-15/h10-11,14-15,24,26H,5-9H2,1-4H3,(H,21,22,23). The number of hydrogen-bond donors (Lipinski definition) is 3. The summed E-state index contributed by atoms with van der Waals surface area (Å²) >= 11 is 7.71. The van der Waals surface area contributed by atoms with Crippen molar-refractivity contribution >= 4 is 40.8 Å². The third-order valence-electron chi connectivity index (χ3n) is 4.85. The maximum Gasteiger partial charge on any atom is 0.332 e. The molecule has 10 nitrogen and oxygen atoms in total. The second kappa shape index (κ2) is 10.5. The Morgan fingerprint density at radius 2 is 2.06 bits per heavy atom. The molecule has 1 saturated carbocycles. The van der Waals surface area contributed by atoms with Crippen molar-refractivity contribution in [2.24, 2.45) is 0 Å². The van der Waals surface area contributed by atoms with Crippen molar-refractivity contribution in [2.75, 3.05) is 29.8 Å². The topological polar surface area (TPSA) is 124 Å². The fourth-order valence-electron chi connectivity index (χ4n) is 3.67. The Balaban J connectivity index is 1.78. The third-order valence-corrected chi connectivity index (χ3v) is 6.17. The molecule has 0 aromatic carbocycles. The zero-order valence-electron chi connectivity index (χ0n) is 18.0. The molecule has 12 heteroatoms. The van der Waals surface area contributed by atoms with Gasteiger partial charge in [-0.05, 0) is 33.6 Å². The van der Waals surface area contributed by atoms with Crippen LogP contribution < -0.4 is 10.8 Å². The van der Waals surface area contributed by atoms with E-state index in [9.17, 15) is 10.0 Å². The highest BCUT2D eigenvalue weighted by molar-refractivity contribution is 7.99. The van der Waals surface area contributed by atoms with E-state index in [0.29, 0.717) is 24.0 Å². The Morgan fingerprint density at radius 1 is 1.32 bits per heavy atom. The number of ether oxygens (including phenoxy) is 4. The monoisotopic (exact) mass is 476 g/mol. The number of anilines is 2. The van der Waals surface area contributed by atoms with Gasteiger partial charge < -0.3 is 24.3 Å². The Morgan fingerprint density at radius 3 is 2.74 bits per heavy atom. The van der Waals surface area contributed by atoms with Crippen molar-refractivity contribution in [2.45, 2.75) is 75.8 Å². The van der Waals surface area contributed by atoms with Gasteiger partial charge in [0.05, 0.1) is 18.8 Å². The molecule has 0 radical (unpaired) electrons. The van der Waals surface area contributed by atoms with Crippen LogP contribution in [0.2, 0.25) is 5.15 Å². The van der Waals surface area contributed by atoms with Gasteiger partial charge in [0.2, 0.25) is 0 Å². The van der Waals surface area contributed by atoms with E-state index in [-0.39, 0.29) is 41.8 Å². The SMILES string of the molecule is CCCSc1nc(Cl)c(NO)c(NC2CC(OCC(=O)OCC)C3OC(C)(C)OC23)n1. The van der Waals surface area contributed by atoms with Gasteiger partial charge in [-0.15, -0.1) is 0 Å². The van der Waals surface area contributed by atoms with Crippen molar-refractivity contribution in [1.82, 2.24) is 9.97 Å². The second-order valence-corrected chi connectivity index (χ2v) is 9.11. The molecule has 174 valence electrons. The van der Waals surface area contributed by atoms with Gasteiger partial charge in [0.15, 0.2) is 21.9 Å². The molecule has 0 amide bonds. The quantitative estimate of drug-likeness (QED) is 0.152. The van der Waals surface area contributed by atoms with Crippen LogP contribution in [-0.2, 0) is 23.7 Å². The molecular formula is C19H29ClN4O6S. The zero-order chi connectivity index (χ0) is 22.6. The minimum Gasteiger partial charge on any atom is -0.464 e. The fraction of sp³-hybridized carbons (Fsp3) is 0.737. The van der Waals surface area contributed by atoms with E-state index < -0.39 is 11.8 Å². The van der Waals surface area contributed by atoms with Gasteiger partial charge in [-0.3, -0.25) is 10.7 Å². The van der Waals surface area contributed by atoms with Crippen molar-refractivity contribution in [3.8, 4) is 0 Å². The minimum atomic E-state index is -0.801. The third kappa shape index (κ3) is 5.91. The first-order chi connectivity index (χ1) is 14.8. The maximum atomic E-state index is 11.7. The smallest absolute Gasteiger partial charge is 0.332 e. The van der Waals surface area contributed by atoms with Crippen LogP contribution in [-0.4, -0.2) is 70.3 Å². The Hall–Kier alpha value is -1.37. The first-order valence-electron chi connectivity index (χ1n) is 10.3. The van der Waals surface area contributed by atoms with E-state index in [0.717, 1.165) is 12.2 Å². The number of carbonyl (C=O) groups excluding carboxylic acids is 1. The Labute approximate surface area is 190 Å². The largest absolute Gasteiger partial charge is 0.464 e. The first-order valence-corrected chi connectivity index (χ1v) is 11.6. The summed E-state index contributed by atoms with van der Waals surface area (Å²) in [5.74, 6) is -0.0418. The van der Waals surface area contributed by atoms with Gasteiger partial charge in [0.1, 0.15) is 24.5 Å². The summed E-state index contributed by atoms with van der Waals surface area (Å²) < 4.78 is 22.9. The number of hydrogen-bond acceptors (Lipinski definition) is 11. The Kier molecular flexibility index (Phi) is 8.22. The molecule has 1 aliphatic carbocycles. The zero-order valence-corrected chi connectivity index (χ0v) is 19.6. The van der Waals surface area contributed by atoms with E-state index in [4.69, 9.17) is 30.5 Å². The molecule has 3 rings (SSSR count). The number of rotatable bonds is 10. The molecule has 1 saturated heterocycles. The highest BCUT2D eigenvalue weighted by Gasteiger charge is 2.55. The predicted octanol–water partition coefficient (Wildman–Crippen LogP) is 3.09. The van der Waals surface area contributed by atoms with Crippen molar-refractivity contribution in [3.63, 3.8) is 0 Å². The van der Waals surface area contributed by atoms with Crippen LogP contribution >= 0.6 is 23.4 Å². The van der Waals surface area contributed by atoms with Gasteiger partial charge >= 0.3 is 5.97 Å². The van der Waals surface area contributed by atoms with E-state index in [1.54, 1.807) is 6.92 Å². The van der Waals surface area contributed by atoms with E-state index in [1.807, 2.05) is 13.8 Å². The minimum absolute atomic E-state index is 0.104. The summed E-state index contributed by atoms with van der Waals surface area (Å²) in [6, 6.07) is -0.263. The van der Waals surface area contributed by atoms with Gasteiger partial charge in [0.25, 0.3) is 0 Å². The average Bonchev–Trinajstić information content (AvgIpc) is 3.18. The summed E-state index contributed by atoms with van der Waals surface area (Å²) in [4.78, 5) is 20.4. The van der Waals surface area contributed by atoms with Gasteiger partial charge in [-0.2, -0.15) is 0 Å². The van der Waals surface area contributed by atoms with E-state index >= 15 is 0 Å². The van der Waals surface area contributed by atoms with E-state index in [1.165, 1.54) is 11.8 Å². The number of halogens is 1. The predicted molar refractivity (Wildman–Crippen MR) is 116 cm³/mol. The maximum absolute atomic E-state index is 11.7. The van der Waals surface area contributed by atoms with Crippen LogP contribution in [0.5, 0.6) is 0 Å². The molecule has 31 heavy (non-hydrogen) atoms. The number of aromatic nitrogens is 2. The molecule has 2 fully saturated rings. The van der Waals surface area contributed by atoms with Crippen molar-refractivity contribution in [3.05, 3.63) is 5.15 Å². The average molecular weight is 477 g/mol. The summed E-state index contributed by atoms with van der Waals surface area (Å²) in [6.07, 6.45) is 0.341. The number of fused-ring (bicyclic) bond motifs is 1. The van der Waals surface area contributed by atoms with Crippen LogP contribution in [0.1, 0.15) is 40.5 Å². The van der Waals surface area contributed by atoms with Gasteiger partial charge in [0, 0.05) is 5.75 Å². The molecule has 1 aromatic heterocycles. The molecule has 0 bridgehead atoms. The molecule has 1 aliphatic heterocycles. The molecular weight excluding hydrogens is 448 g/mol. The second-order valence-electron chi connectivity index (χ2n) is 7.69. The summed E-state index contributed by atoms with van der Waals surface area (Å²) in [6.45, 7) is 7.58. The van der Waals surface area contributed by atoms with E-state index in [2.05, 4.69) is 27.7 Å². The van der Waals surface area contributed by atoms with Gasteiger partial charge in [-0.25, -0.2) is 14.8 Å². The molecule has 2 aliphatic rings. The molecule has 0 spiro atoms. The number of esters is 1. The first kappa shape index (κ1) is 24.3. The molecule has 4 unspecified atom stereocenters. The highest BCUT2D eigenvalue weighted by Crippen LogP contribution is 2.42. The number of nitrogens with zero attached hydrogens (tertiary/aromatic N) is 2. The lowest BCUT2D eigenvalue weighted by molar-refractivity contribution is -0.171. The Bertz CT molecular complexity index is 786. The summed E-state index contributed by atoms with van der Waals surface area (Å²) in [7, 11) is 0. The van der Waals surface area contributed by atoms with Crippen molar-refractivity contribution < 1.29 is 28.9 Å². The fourth-order valence-corrected chi connectivity index (χ4v) is 4.63. The summed E-state index contributed by atoms with van der Waals surface area (Å²) in [5.41, 5.74) is 2.24. The number of carbonyl (C=O) groups is 1. The van der Waals surface area contributed by atoms with Crippen molar-refractivity contribution in [1.29, 1.82) is 0 Å². The molecule has 1 aromatic rings. The normalized spacial score (nSPS) is 26.5. The number of thioether (sulfide) groups is 1. The van der Waals surface area contributed by atoms with Crippen LogP contribution in [0, 0.1) is 0 Å².